The molecule has 0 saturated heterocycles. The second-order valence-electron chi connectivity index (χ2n) is 4.25. The molecule has 1 heterocycles. The van der Waals surface area contributed by atoms with E-state index in [0.29, 0.717) is 12.1 Å². The molecule has 0 amide bonds. The summed E-state index contributed by atoms with van der Waals surface area (Å²) in [5.74, 6) is 0. The minimum atomic E-state index is 0.309. The Morgan fingerprint density at radius 1 is 1.56 bits per heavy atom. The lowest BCUT2D eigenvalue weighted by molar-refractivity contribution is 0.100. The van der Waals surface area contributed by atoms with Crippen molar-refractivity contribution in [1.82, 2.24) is 15.1 Å². The Morgan fingerprint density at radius 2 is 2.31 bits per heavy atom. The van der Waals surface area contributed by atoms with Gasteiger partial charge in [-0.15, -0.1) is 0 Å². The summed E-state index contributed by atoms with van der Waals surface area (Å²) in [5, 5.41) is 7.51. The van der Waals surface area contributed by atoms with Crippen molar-refractivity contribution in [3.8, 4) is 0 Å². The second-order valence-corrected chi connectivity index (χ2v) is 4.25. The van der Waals surface area contributed by atoms with Crippen LogP contribution in [0.1, 0.15) is 25.5 Å². The molecule has 2 atom stereocenters. The van der Waals surface area contributed by atoms with Crippen LogP contribution in [-0.4, -0.2) is 36.1 Å². The Labute approximate surface area is 98.0 Å². The quantitative estimate of drug-likeness (QED) is 0.761. The van der Waals surface area contributed by atoms with Crippen LogP contribution in [0.25, 0.3) is 0 Å². The van der Waals surface area contributed by atoms with Gasteiger partial charge in [-0.05, 0) is 39.3 Å². The van der Waals surface area contributed by atoms with E-state index in [1.165, 1.54) is 5.69 Å². The van der Waals surface area contributed by atoms with Crippen LogP contribution in [0.5, 0.6) is 0 Å². The Bertz CT molecular complexity index is 298. The molecule has 92 valence electrons. The van der Waals surface area contributed by atoms with Gasteiger partial charge in [0, 0.05) is 32.1 Å². The third-order valence-electron chi connectivity index (χ3n) is 3.10. The van der Waals surface area contributed by atoms with Crippen molar-refractivity contribution in [2.75, 3.05) is 14.2 Å². The highest BCUT2D eigenvalue weighted by atomic mass is 16.5. The average Bonchev–Trinajstić information content (AvgIpc) is 2.69. The number of aromatic nitrogens is 2. The Kier molecular flexibility index (Phi) is 5.49. The molecular formula is C12H23N3O. The highest BCUT2D eigenvalue weighted by Gasteiger charge is 2.11. The fourth-order valence-electron chi connectivity index (χ4n) is 1.85. The predicted octanol–water partition coefficient (Wildman–Crippen LogP) is 1.37. The molecule has 2 unspecified atom stereocenters. The number of hydrogen-bond donors (Lipinski definition) is 1. The lowest BCUT2D eigenvalue weighted by Gasteiger charge is -2.19. The molecule has 4 nitrogen and oxygen atoms in total. The first-order valence-electron chi connectivity index (χ1n) is 5.84. The molecule has 0 aliphatic carbocycles. The summed E-state index contributed by atoms with van der Waals surface area (Å²) in [5.41, 5.74) is 1.28. The summed E-state index contributed by atoms with van der Waals surface area (Å²) in [7, 11) is 5.76. The predicted molar refractivity (Wildman–Crippen MR) is 65.5 cm³/mol. The van der Waals surface area contributed by atoms with Gasteiger partial charge in [0.05, 0.1) is 6.10 Å². The van der Waals surface area contributed by atoms with Gasteiger partial charge >= 0.3 is 0 Å². The number of aryl methyl sites for hydroxylation is 2. The summed E-state index contributed by atoms with van der Waals surface area (Å²) >= 11 is 0. The number of rotatable bonds is 7. The van der Waals surface area contributed by atoms with Gasteiger partial charge in [-0.25, -0.2) is 0 Å². The zero-order valence-corrected chi connectivity index (χ0v) is 10.7. The van der Waals surface area contributed by atoms with E-state index in [1.807, 2.05) is 25.0 Å². The Hall–Kier alpha value is -0.870. The molecule has 0 aromatic carbocycles. The fraction of sp³-hybridized carbons (Fsp3) is 0.750. The first-order valence-corrected chi connectivity index (χ1v) is 5.84. The number of methoxy groups -OCH3 is 1. The van der Waals surface area contributed by atoms with Crippen LogP contribution in [0.15, 0.2) is 12.3 Å². The monoisotopic (exact) mass is 225 g/mol. The number of nitrogens with one attached hydrogen (secondary N) is 1. The fourth-order valence-corrected chi connectivity index (χ4v) is 1.85. The third-order valence-corrected chi connectivity index (χ3v) is 3.10. The first-order chi connectivity index (χ1) is 7.67. The van der Waals surface area contributed by atoms with Gasteiger partial charge in [0.25, 0.3) is 0 Å². The minimum Gasteiger partial charge on any atom is -0.382 e. The third kappa shape index (κ3) is 3.94. The minimum absolute atomic E-state index is 0.309. The molecule has 1 aromatic rings. The SMILES string of the molecule is CNC(CCc1ccnn1C)CC(C)OC. The maximum atomic E-state index is 5.29. The van der Waals surface area contributed by atoms with E-state index in [9.17, 15) is 0 Å². The van der Waals surface area contributed by atoms with Crippen molar-refractivity contribution in [3.63, 3.8) is 0 Å². The molecule has 0 radical (unpaired) electrons. The van der Waals surface area contributed by atoms with Crippen LogP contribution in [0.2, 0.25) is 0 Å². The van der Waals surface area contributed by atoms with E-state index < -0.39 is 0 Å². The molecular weight excluding hydrogens is 202 g/mol. The Balaban J connectivity index is 2.37. The van der Waals surface area contributed by atoms with Crippen LogP contribution >= 0.6 is 0 Å². The maximum Gasteiger partial charge on any atom is 0.0558 e. The summed E-state index contributed by atoms with van der Waals surface area (Å²) in [4.78, 5) is 0. The van der Waals surface area contributed by atoms with Crippen LogP contribution in [-0.2, 0) is 18.2 Å². The van der Waals surface area contributed by atoms with E-state index >= 15 is 0 Å². The van der Waals surface area contributed by atoms with Gasteiger partial charge in [0.2, 0.25) is 0 Å². The second kappa shape index (κ2) is 6.66. The van der Waals surface area contributed by atoms with E-state index in [-0.39, 0.29) is 0 Å². The van der Waals surface area contributed by atoms with Crippen molar-refractivity contribution in [2.45, 2.75) is 38.3 Å². The van der Waals surface area contributed by atoms with E-state index in [4.69, 9.17) is 4.74 Å². The highest BCUT2D eigenvalue weighted by Crippen LogP contribution is 2.09. The van der Waals surface area contributed by atoms with Crippen LogP contribution in [0.3, 0.4) is 0 Å². The van der Waals surface area contributed by atoms with Crippen LogP contribution < -0.4 is 5.32 Å². The number of ether oxygens (including phenoxy) is 1. The molecule has 4 heteroatoms. The first kappa shape index (κ1) is 13.2. The molecule has 1 aromatic heterocycles. The van der Waals surface area contributed by atoms with Gasteiger partial charge in [0.1, 0.15) is 0 Å². The molecule has 16 heavy (non-hydrogen) atoms. The van der Waals surface area contributed by atoms with Crippen LogP contribution in [0.4, 0.5) is 0 Å². The normalized spacial score (nSPS) is 15.0. The lowest BCUT2D eigenvalue weighted by atomic mass is 10.0. The van der Waals surface area contributed by atoms with Crippen LogP contribution in [0, 0.1) is 0 Å². The van der Waals surface area contributed by atoms with Crippen molar-refractivity contribution < 1.29 is 4.74 Å². The van der Waals surface area contributed by atoms with E-state index in [2.05, 4.69) is 23.4 Å². The summed E-state index contributed by atoms with van der Waals surface area (Å²) in [6.07, 6.45) is 5.37. The lowest BCUT2D eigenvalue weighted by Crippen LogP contribution is -2.30. The van der Waals surface area contributed by atoms with Gasteiger partial charge in [-0.2, -0.15) is 5.10 Å². The maximum absolute atomic E-state index is 5.29. The smallest absolute Gasteiger partial charge is 0.0558 e. The summed E-state index contributed by atoms with van der Waals surface area (Å²) in [6, 6.07) is 2.58. The molecule has 0 bridgehead atoms. The zero-order chi connectivity index (χ0) is 12.0. The molecule has 0 saturated carbocycles. The molecule has 0 aliphatic heterocycles. The van der Waals surface area contributed by atoms with Crippen molar-refractivity contribution in [3.05, 3.63) is 18.0 Å². The summed E-state index contributed by atoms with van der Waals surface area (Å²) < 4.78 is 7.22. The Morgan fingerprint density at radius 3 is 2.81 bits per heavy atom. The van der Waals surface area contributed by atoms with Gasteiger partial charge < -0.3 is 10.1 Å². The van der Waals surface area contributed by atoms with Gasteiger partial charge in [0.15, 0.2) is 0 Å². The molecule has 1 N–H and O–H groups in total. The van der Waals surface area contributed by atoms with Crippen molar-refractivity contribution in [1.29, 1.82) is 0 Å². The van der Waals surface area contributed by atoms with Gasteiger partial charge in [-0.1, -0.05) is 0 Å². The average molecular weight is 225 g/mol. The molecule has 1 rings (SSSR count). The van der Waals surface area contributed by atoms with Gasteiger partial charge in [-0.3, -0.25) is 4.68 Å². The largest absolute Gasteiger partial charge is 0.382 e. The van der Waals surface area contributed by atoms with Crippen molar-refractivity contribution in [2.24, 2.45) is 7.05 Å². The molecule has 0 aliphatic rings. The number of nitrogens with zero attached hydrogens (tertiary/aromatic N) is 2. The number of hydrogen-bond acceptors (Lipinski definition) is 3. The highest BCUT2D eigenvalue weighted by molar-refractivity contribution is 5.00. The molecule has 0 spiro atoms. The van der Waals surface area contributed by atoms with Crippen molar-refractivity contribution >= 4 is 0 Å². The molecule has 0 fully saturated rings. The van der Waals surface area contributed by atoms with E-state index in [0.717, 1.165) is 19.3 Å². The topological polar surface area (TPSA) is 39.1 Å². The van der Waals surface area contributed by atoms with E-state index in [1.54, 1.807) is 7.11 Å². The summed E-state index contributed by atoms with van der Waals surface area (Å²) in [6.45, 7) is 2.11. The zero-order valence-electron chi connectivity index (χ0n) is 10.7. The standard InChI is InChI=1S/C12H23N3O/c1-10(16-4)9-11(13-2)5-6-12-7-8-14-15(12)3/h7-8,10-11,13H,5-6,9H2,1-4H3.